The van der Waals surface area contributed by atoms with Gasteiger partial charge in [-0.05, 0) is 47.0 Å². The van der Waals surface area contributed by atoms with Crippen molar-refractivity contribution in [1.29, 1.82) is 0 Å². The lowest BCUT2D eigenvalue weighted by Gasteiger charge is -2.31. The fraction of sp³-hybridized carbons (Fsp3) is 0.462. The van der Waals surface area contributed by atoms with Gasteiger partial charge in [-0.25, -0.2) is 4.39 Å². The number of halogens is 3. The van der Waals surface area contributed by atoms with Gasteiger partial charge in [0.05, 0.1) is 11.1 Å². The summed E-state index contributed by atoms with van der Waals surface area (Å²) < 4.78 is 13.4. The smallest absolute Gasteiger partial charge is 0.252 e. The van der Waals surface area contributed by atoms with Gasteiger partial charge in [-0.2, -0.15) is 0 Å². The van der Waals surface area contributed by atoms with Crippen LogP contribution in [-0.4, -0.2) is 18.0 Å². The minimum atomic E-state index is -0.398. The molecule has 0 heterocycles. The van der Waals surface area contributed by atoms with Gasteiger partial charge in [-0.15, -0.1) is 12.4 Å². The van der Waals surface area contributed by atoms with Crippen LogP contribution in [0.3, 0.4) is 0 Å². The van der Waals surface area contributed by atoms with Gasteiger partial charge in [0.25, 0.3) is 5.91 Å². The van der Waals surface area contributed by atoms with Crippen LogP contribution in [-0.2, 0) is 0 Å². The second-order valence-electron chi connectivity index (χ2n) is 4.27. The van der Waals surface area contributed by atoms with E-state index in [9.17, 15) is 9.18 Å². The van der Waals surface area contributed by atoms with Crippen LogP contribution in [0.1, 0.15) is 37.0 Å². The zero-order valence-corrected chi connectivity index (χ0v) is 13.4. The monoisotopic (exact) mass is 352 g/mol. The molecular weight excluding hydrogens is 335 g/mol. The first kappa shape index (κ1) is 18.4. The zero-order chi connectivity index (χ0) is 13.8. The van der Waals surface area contributed by atoms with Gasteiger partial charge in [-0.3, -0.25) is 4.79 Å². The molecule has 0 aliphatic carbocycles. The van der Waals surface area contributed by atoms with E-state index in [0.717, 1.165) is 12.8 Å². The molecule has 3 N–H and O–H groups in total. The topological polar surface area (TPSA) is 55.1 Å². The van der Waals surface area contributed by atoms with E-state index in [1.54, 1.807) is 0 Å². The highest BCUT2D eigenvalue weighted by Crippen LogP contribution is 2.20. The van der Waals surface area contributed by atoms with Crippen molar-refractivity contribution in [2.24, 2.45) is 5.73 Å². The molecule has 1 aromatic rings. The first-order valence-corrected chi connectivity index (χ1v) is 6.75. The quantitative estimate of drug-likeness (QED) is 0.853. The molecule has 0 unspecified atom stereocenters. The summed E-state index contributed by atoms with van der Waals surface area (Å²) in [5, 5.41) is 2.94. The summed E-state index contributed by atoms with van der Waals surface area (Å²) in [5.41, 5.74) is 5.75. The molecule has 1 aromatic carbocycles. The van der Waals surface area contributed by atoms with Crippen LogP contribution >= 0.6 is 28.3 Å². The Labute approximate surface area is 127 Å². The number of carbonyl (C=O) groups is 1. The molecule has 108 valence electrons. The molecule has 0 atom stereocenters. The average molecular weight is 354 g/mol. The number of hydrogen-bond acceptors (Lipinski definition) is 2. The first-order valence-electron chi connectivity index (χ1n) is 5.95. The van der Waals surface area contributed by atoms with Crippen LogP contribution in [0.5, 0.6) is 0 Å². The third-order valence-corrected chi connectivity index (χ3v) is 3.95. The summed E-state index contributed by atoms with van der Waals surface area (Å²) in [6, 6.07) is 4.00. The third kappa shape index (κ3) is 4.44. The fourth-order valence-corrected chi connectivity index (χ4v) is 2.28. The number of carbonyl (C=O) groups excluding carboxylic acids is 1. The van der Waals surface area contributed by atoms with E-state index < -0.39 is 5.54 Å². The van der Waals surface area contributed by atoms with Crippen LogP contribution in [0.2, 0.25) is 0 Å². The van der Waals surface area contributed by atoms with Gasteiger partial charge in [-0.1, -0.05) is 13.8 Å². The van der Waals surface area contributed by atoms with E-state index in [1.807, 2.05) is 13.8 Å². The fourth-order valence-electron chi connectivity index (χ4n) is 1.75. The number of hydrogen-bond donors (Lipinski definition) is 2. The molecule has 6 heteroatoms. The van der Waals surface area contributed by atoms with Crippen molar-refractivity contribution in [1.82, 2.24) is 5.32 Å². The Hall–Kier alpha value is -0.650. The molecule has 0 aliphatic heterocycles. The number of amides is 1. The highest BCUT2D eigenvalue weighted by Gasteiger charge is 2.27. The van der Waals surface area contributed by atoms with E-state index >= 15 is 0 Å². The van der Waals surface area contributed by atoms with Crippen LogP contribution < -0.4 is 11.1 Å². The largest absolute Gasteiger partial charge is 0.345 e. The lowest BCUT2D eigenvalue weighted by atomic mass is 9.92. The van der Waals surface area contributed by atoms with E-state index in [0.29, 0.717) is 16.6 Å². The molecule has 1 rings (SSSR count). The third-order valence-electron chi connectivity index (χ3n) is 3.30. The van der Waals surface area contributed by atoms with Gasteiger partial charge >= 0.3 is 0 Å². The average Bonchev–Trinajstić information content (AvgIpc) is 2.36. The predicted octanol–water partition coefficient (Wildman–Crippen LogP) is 3.26. The number of nitrogens with one attached hydrogen (secondary N) is 1. The summed E-state index contributed by atoms with van der Waals surface area (Å²) in [6.07, 6.45) is 1.51. The highest BCUT2D eigenvalue weighted by atomic mass is 79.9. The summed E-state index contributed by atoms with van der Waals surface area (Å²) in [5.74, 6) is -0.620. The summed E-state index contributed by atoms with van der Waals surface area (Å²) in [7, 11) is 0. The SMILES string of the molecule is CCC(CC)(CN)NC(=O)c1ccc(F)cc1Br.Cl. The van der Waals surface area contributed by atoms with Gasteiger partial charge in [0, 0.05) is 11.0 Å². The Kier molecular flexibility index (Phi) is 7.55. The molecule has 0 saturated carbocycles. The van der Waals surface area contributed by atoms with E-state index in [2.05, 4.69) is 21.2 Å². The maximum absolute atomic E-state index is 13.0. The van der Waals surface area contributed by atoms with Gasteiger partial charge in [0.2, 0.25) is 0 Å². The molecule has 1 amide bonds. The lowest BCUT2D eigenvalue weighted by Crippen LogP contribution is -2.52. The van der Waals surface area contributed by atoms with Crippen molar-refractivity contribution in [3.05, 3.63) is 34.1 Å². The number of benzene rings is 1. The maximum atomic E-state index is 13.0. The molecule has 19 heavy (non-hydrogen) atoms. The zero-order valence-electron chi connectivity index (χ0n) is 11.0. The Bertz CT molecular complexity index is 430. The molecular formula is C13H19BrClFN2O. The van der Waals surface area contributed by atoms with E-state index in [4.69, 9.17) is 5.73 Å². The van der Waals surface area contributed by atoms with Gasteiger partial charge in [0.15, 0.2) is 0 Å². The molecule has 3 nitrogen and oxygen atoms in total. The molecule has 0 radical (unpaired) electrons. The molecule has 0 aliphatic rings. The second kappa shape index (κ2) is 7.82. The Morgan fingerprint density at radius 1 is 1.42 bits per heavy atom. The second-order valence-corrected chi connectivity index (χ2v) is 5.12. The van der Waals surface area contributed by atoms with Gasteiger partial charge < -0.3 is 11.1 Å². The summed E-state index contributed by atoms with van der Waals surface area (Å²) in [4.78, 5) is 12.1. The van der Waals surface area contributed by atoms with Crippen molar-refractivity contribution in [2.45, 2.75) is 32.2 Å². The van der Waals surface area contributed by atoms with Crippen molar-refractivity contribution >= 4 is 34.2 Å². The summed E-state index contributed by atoms with van der Waals surface area (Å²) >= 11 is 3.19. The minimum Gasteiger partial charge on any atom is -0.345 e. The standard InChI is InChI=1S/C13H18BrFN2O.ClH/c1-3-13(4-2,8-16)17-12(18)10-6-5-9(15)7-11(10)14;/h5-7H,3-4,8,16H2,1-2H3,(H,17,18);1H. The van der Waals surface area contributed by atoms with Crippen molar-refractivity contribution in [3.63, 3.8) is 0 Å². The van der Waals surface area contributed by atoms with Crippen molar-refractivity contribution < 1.29 is 9.18 Å². The van der Waals surface area contributed by atoms with Crippen molar-refractivity contribution in [2.75, 3.05) is 6.54 Å². The number of nitrogens with two attached hydrogens (primary N) is 1. The minimum absolute atomic E-state index is 0. The predicted molar refractivity (Wildman–Crippen MR) is 81.2 cm³/mol. The normalized spacial score (nSPS) is 10.8. The van der Waals surface area contributed by atoms with Crippen LogP contribution in [0.15, 0.2) is 22.7 Å². The Morgan fingerprint density at radius 2 is 2.00 bits per heavy atom. The van der Waals surface area contributed by atoms with Crippen molar-refractivity contribution in [3.8, 4) is 0 Å². The molecule has 0 aromatic heterocycles. The van der Waals surface area contributed by atoms with Gasteiger partial charge in [0.1, 0.15) is 5.82 Å². The molecule has 0 bridgehead atoms. The highest BCUT2D eigenvalue weighted by molar-refractivity contribution is 9.10. The summed E-state index contributed by atoms with van der Waals surface area (Å²) in [6.45, 7) is 4.34. The van der Waals surface area contributed by atoms with E-state index in [-0.39, 0.29) is 24.1 Å². The maximum Gasteiger partial charge on any atom is 0.252 e. The van der Waals surface area contributed by atoms with Crippen LogP contribution in [0, 0.1) is 5.82 Å². The molecule has 0 fully saturated rings. The number of rotatable bonds is 5. The molecule has 0 spiro atoms. The van der Waals surface area contributed by atoms with Crippen LogP contribution in [0.25, 0.3) is 0 Å². The first-order chi connectivity index (χ1) is 8.48. The lowest BCUT2D eigenvalue weighted by molar-refractivity contribution is 0.0894. The molecule has 0 saturated heterocycles. The van der Waals surface area contributed by atoms with Crippen LogP contribution in [0.4, 0.5) is 4.39 Å². The Balaban J connectivity index is 0.00000324. The Morgan fingerprint density at radius 3 is 2.42 bits per heavy atom. The van der Waals surface area contributed by atoms with E-state index in [1.165, 1.54) is 18.2 Å².